The molecule has 1 fully saturated rings. The Labute approximate surface area is 50.1 Å². The van der Waals surface area contributed by atoms with Gasteiger partial charge in [-0.05, 0) is 19.3 Å². The summed E-state index contributed by atoms with van der Waals surface area (Å²) in [5, 5.41) is 0. The van der Waals surface area contributed by atoms with Crippen LogP contribution >= 0.6 is 0 Å². The van der Waals surface area contributed by atoms with Gasteiger partial charge in [-0.15, -0.1) is 0 Å². The number of hydrogen-bond donors (Lipinski definition) is 0. The highest BCUT2D eigenvalue weighted by molar-refractivity contribution is 4.74. The zero-order chi connectivity index (χ0) is 5.82. The first-order valence-corrected chi connectivity index (χ1v) is 3.35. The Hall–Kier alpha value is -0.0700. The van der Waals surface area contributed by atoms with Crippen molar-refractivity contribution < 1.29 is 4.39 Å². The molecule has 1 saturated carbocycles. The van der Waals surface area contributed by atoms with Crippen LogP contribution in [0.1, 0.15) is 32.1 Å². The van der Waals surface area contributed by atoms with Gasteiger partial charge >= 0.3 is 0 Å². The number of hydrogen-bond acceptors (Lipinski definition) is 0. The monoisotopic (exact) mass is 115 g/mol. The molecule has 0 N–H and O–H groups in total. The second kappa shape index (κ2) is 3.06. The largest absolute Gasteiger partial charge is 0.247 e. The normalized spacial score (nSPS) is 25.1. The van der Waals surface area contributed by atoms with E-state index in [1.165, 1.54) is 6.42 Å². The van der Waals surface area contributed by atoms with Crippen LogP contribution < -0.4 is 0 Å². The Morgan fingerprint density at radius 3 is 3.12 bits per heavy atom. The third-order valence-electron chi connectivity index (χ3n) is 1.60. The topological polar surface area (TPSA) is 0 Å². The van der Waals surface area contributed by atoms with Gasteiger partial charge in [-0.25, -0.2) is 4.39 Å². The van der Waals surface area contributed by atoms with Crippen LogP contribution in [0.4, 0.5) is 4.39 Å². The molecule has 1 aliphatic rings. The predicted octanol–water partition coefficient (Wildman–Crippen LogP) is 2.49. The molecule has 1 unspecified atom stereocenters. The third kappa shape index (κ3) is 1.81. The lowest BCUT2D eigenvalue weighted by atomic mass is 10.2. The second-order valence-electron chi connectivity index (χ2n) is 2.41. The van der Waals surface area contributed by atoms with Crippen molar-refractivity contribution in [3.8, 4) is 0 Å². The van der Waals surface area contributed by atoms with Crippen LogP contribution in [0.5, 0.6) is 0 Å². The molecule has 0 spiro atoms. The summed E-state index contributed by atoms with van der Waals surface area (Å²) in [4.78, 5) is 0. The van der Waals surface area contributed by atoms with Crippen LogP contribution in [0.3, 0.4) is 0 Å². The SMILES string of the molecule is FC1C[CH]CCCC1. The van der Waals surface area contributed by atoms with E-state index in [1.54, 1.807) is 0 Å². The van der Waals surface area contributed by atoms with Crippen LogP contribution in [-0.2, 0) is 0 Å². The molecule has 8 heavy (non-hydrogen) atoms. The zero-order valence-corrected chi connectivity index (χ0v) is 5.07. The van der Waals surface area contributed by atoms with Gasteiger partial charge in [0.25, 0.3) is 0 Å². The van der Waals surface area contributed by atoms with Gasteiger partial charge in [-0.1, -0.05) is 19.3 Å². The predicted molar refractivity (Wildman–Crippen MR) is 32.3 cm³/mol. The van der Waals surface area contributed by atoms with Gasteiger partial charge in [0.1, 0.15) is 6.17 Å². The highest BCUT2D eigenvalue weighted by Crippen LogP contribution is 2.18. The van der Waals surface area contributed by atoms with Crippen LogP contribution in [0, 0.1) is 6.42 Å². The molecule has 1 radical (unpaired) electrons. The Bertz CT molecular complexity index is 53.4. The Kier molecular flexibility index (Phi) is 2.31. The zero-order valence-electron chi connectivity index (χ0n) is 5.07. The molecule has 0 aromatic rings. The molecule has 0 aromatic heterocycles. The lowest BCUT2D eigenvalue weighted by Crippen LogP contribution is -1.95. The molecule has 0 aromatic carbocycles. The van der Waals surface area contributed by atoms with E-state index in [0.717, 1.165) is 19.3 Å². The lowest BCUT2D eigenvalue weighted by Gasteiger charge is -1.98. The van der Waals surface area contributed by atoms with Gasteiger partial charge in [0.15, 0.2) is 0 Å². The molecule has 1 heteroatoms. The molecule has 0 amide bonds. The molecule has 0 saturated heterocycles. The van der Waals surface area contributed by atoms with Gasteiger partial charge in [0.05, 0.1) is 0 Å². The molecule has 1 atom stereocenters. The number of rotatable bonds is 0. The summed E-state index contributed by atoms with van der Waals surface area (Å²) in [5.74, 6) is 0. The molecule has 47 valence electrons. The van der Waals surface area contributed by atoms with Gasteiger partial charge in [0.2, 0.25) is 0 Å². The standard InChI is InChI=1S/C7H12F/c8-7-5-3-1-2-4-6-7/h3,7H,1-2,4-6H2. The molecule has 1 rings (SSSR count). The van der Waals surface area contributed by atoms with E-state index in [-0.39, 0.29) is 0 Å². The van der Waals surface area contributed by atoms with E-state index in [0.29, 0.717) is 6.42 Å². The summed E-state index contributed by atoms with van der Waals surface area (Å²) in [5.41, 5.74) is 0. The van der Waals surface area contributed by atoms with Crippen molar-refractivity contribution in [3.63, 3.8) is 0 Å². The highest BCUT2D eigenvalue weighted by Gasteiger charge is 2.08. The first-order valence-electron chi connectivity index (χ1n) is 3.35. The van der Waals surface area contributed by atoms with E-state index >= 15 is 0 Å². The number of halogens is 1. The summed E-state index contributed by atoms with van der Waals surface area (Å²) in [6.07, 6.45) is 6.42. The van der Waals surface area contributed by atoms with Crippen molar-refractivity contribution in [1.82, 2.24) is 0 Å². The third-order valence-corrected chi connectivity index (χ3v) is 1.60. The van der Waals surface area contributed by atoms with E-state index < -0.39 is 6.17 Å². The minimum Gasteiger partial charge on any atom is -0.247 e. The van der Waals surface area contributed by atoms with Crippen molar-refractivity contribution >= 4 is 0 Å². The molecular weight excluding hydrogens is 103 g/mol. The van der Waals surface area contributed by atoms with Crippen molar-refractivity contribution in [2.75, 3.05) is 0 Å². The molecule has 0 bridgehead atoms. The van der Waals surface area contributed by atoms with Gasteiger partial charge in [-0.2, -0.15) is 0 Å². The van der Waals surface area contributed by atoms with Gasteiger partial charge < -0.3 is 0 Å². The Balaban J connectivity index is 2.17. The van der Waals surface area contributed by atoms with E-state index in [1.807, 2.05) is 0 Å². The van der Waals surface area contributed by atoms with Crippen LogP contribution in [0.15, 0.2) is 0 Å². The van der Waals surface area contributed by atoms with Crippen molar-refractivity contribution in [1.29, 1.82) is 0 Å². The van der Waals surface area contributed by atoms with Crippen LogP contribution in [-0.4, -0.2) is 6.17 Å². The molecule has 0 aliphatic heterocycles. The van der Waals surface area contributed by atoms with Gasteiger partial charge in [-0.3, -0.25) is 0 Å². The first kappa shape index (κ1) is 6.06. The minimum absolute atomic E-state index is 0.530. The maximum absolute atomic E-state index is 12.4. The minimum atomic E-state index is -0.530. The highest BCUT2D eigenvalue weighted by atomic mass is 19.1. The Morgan fingerprint density at radius 1 is 1.38 bits per heavy atom. The number of alkyl halides is 1. The van der Waals surface area contributed by atoms with Crippen LogP contribution in [0.25, 0.3) is 0 Å². The second-order valence-corrected chi connectivity index (χ2v) is 2.41. The van der Waals surface area contributed by atoms with Crippen LogP contribution in [0.2, 0.25) is 0 Å². The first-order chi connectivity index (χ1) is 3.89. The van der Waals surface area contributed by atoms with Crippen molar-refractivity contribution in [3.05, 3.63) is 6.42 Å². The summed E-state index contributed by atoms with van der Waals surface area (Å²) >= 11 is 0. The molecule has 0 nitrogen and oxygen atoms in total. The summed E-state index contributed by atoms with van der Waals surface area (Å²) in [6, 6.07) is 0. The lowest BCUT2D eigenvalue weighted by molar-refractivity contribution is 0.314. The maximum atomic E-state index is 12.4. The summed E-state index contributed by atoms with van der Waals surface area (Å²) in [6.45, 7) is 0. The quantitative estimate of drug-likeness (QED) is 0.425. The average Bonchev–Trinajstić information content (AvgIpc) is 1.94. The van der Waals surface area contributed by atoms with Crippen molar-refractivity contribution in [2.45, 2.75) is 38.3 Å². The molecule has 1 aliphatic carbocycles. The summed E-state index contributed by atoms with van der Waals surface area (Å²) < 4.78 is 12.4. The van der Waals surface area contributed by atoms with E-state index in [4.69, 9.17) is 0 Å². The van der Waals surface area contributed by atoms with Crippen molar-refractivity contribution in [2.24, 2.45) is 0 Å². The molecule has 0 heterocycles. The average molecular weight is 115 g/mol. The molecular formula is C7H12F. The van der Waals surface area contributed by atoms with Gasteiger partial charge in [0, 0.05) is 0 Å². The van der Waals surface area contributed by atoms with E-state index in [9.17, 15) is 4.39 Å². The fourth-order valence-corrected chi connectivity index (χ4v) is 1.07. The van der Waals surface area contributed by atoms with E-state index in [2.05, 4.69) is 6.42 Å². The Morgan fingerprint density at radius 2 is 2.25 bits per heavy atom. The fourth-order valence-electron chi connectivity index (χ4n) is 1.07. The smallest absolute Gasteiger partial charge is 0.100 e. The fraction of sp³-hybridized carbons (Fsp3) is 0.857. The summed E-state index contributed by atoms with van der Waals surface area (Å²) in [7, 11) is 0. The maximum Gasteiger partial charge on any atom is 0.100 e.